The molecular weight excluding hydrogens is 260 g/mol. The van der Waals surface area contributed by atoms with Crippen molar-refractivity contribution < 1.29 is 4.74 Å². The Kier molecular flexibility index (Phi) is 4.63. The monoisotopic (exact) mass is 276 g/mol. The van der Waals surface area contributed by atoms with Gasteiger partial charge >= 0.3 is 0 Å². The molecule has 3 nitrogen and oxygen atoms in total. The molecule has 0 saturated heterocycles. The summed E-state index contributed by atoms with van der Waals surface area (Å²) in [5.74, 6) is 0.620. The Balaban J connectivity index is 2.01. The van der Waals surface area contributed by atoms with Crippen LogP contribution in [0.5, 0.6) is 5.88 Å². The number of ether oxygens (including phenoxy) is 1. The number of halogens is 1. The van der Waals surface area contributed by atoms with Crippen LogP contribution >= 0.6 is 11.6 Å². The van der Waals surface area contributed by atoms with E-state index < -0.39 is 0 Å². The van der Waals surface area contributed by atoms with Gasteiger partial charge in [-0.25, -0.2) is 4.68 Å². The van der Waals surface area contributed by atoms with Crippen LogP contribution in [-0.2, 0) is 0 Å². The Morgan fingerprint density at radius 3 is 2.74 bits per heavy atom. The third-order valence-electron chi connectivity index (χ3n) is 2.88. The largest absolute Gasteiger partial charge is 0.472 e. The van der Waals surface area contributed by atoms with Crippen molar-refractivity contribution in [2.24, 2.45) is 0 Å². The van der Waals surface area contributed by atoms with Gasteiger partial charge in [-0.05, 0) is 43.7 Å². The van der Waals surface area contributed by atoms with Gasteiger partial charge in [0.15, 0.2) is 0 Å². The molecule has 1 heterocycles. The number of benzene rings is 1. The molecule has 100 valence electrons. The van der Waals surface area contributed by atoms with Gasteiger partial charge in [-0.3, -0.25) is 0 Å². The molecule has 0 aliphatic carbocycles. The lowest BCUT2D eigenvalue weighted by Gasteiger charge is -2.02. The molecule has 0 N–H and O–H groups in total. The lowest BCUT2D eigenvalue weighted by molar-refractivity contribution is 0.344. The van der Waals surface area contributed by atoms with Crippen molar-refractivity contribution in [1.82, 2.24) is 9.78 Å². The van der Waals surface area contributed by atoms with Crippen LogP contribution in [0.4, 0.5) is 0 Å². The van der Waals surface area contributed by atoms with Gasteiger partial charge in [0.1, 0.15) is 6.61 Å². The molecule has 2 rings (SSSR count). The molecule has 1 aromatic carbocycles. The zero-order valence-electron chi connectivity index (χ0n) is 11.1. The second-order valence-electron chi connectivity index (χ2n) is 4.29. The molecule has 0 unspecified atom stereocenters. The molecule has 0 fully saturated rings. The second-order valence-corrected chi connectivity index (χ2v) is 4.73. The molecule has 0 aliphatic heterocycles. The van der Waals surface area contributed by atoms with Crippen LogP contribution in [0.1, 0.15) is 20.3 Å². The minimum absolute atomic E-state index is 0.553. The Labute approximate surface area is 118 Å². The Morgan fingerprint density at radius 2 is 2.05 bits per heavy atom. The van der Waals surface area contributed by atoms with Crippen molar-refractivity contribution in [3.05, 3.63) is 53.2 Å². The summed E-state index contributed by atoms with van der Waals surface area (Å²) in [5.41, 5.74) is 2.27. The summed E-state index contributed by atoms with van der Waals surface area (Å²) in [4.78, 5) is 0. The highest BCUT2D eigenvalue weighted by molar-refractivity contribution is 6.30. The lowest BCUT2D eigenvalue weighted by Crippen LogP contribution is -1.98. The fourth-order valence-electron chi connectivity index (χ4n) is 1.54. The van der Waals surface area contributed by atoms with Gasteiger partial charge in [0.2, 0.25) is 5.88 Å². The summed E-state index contributed by atoms with van der Waals surface area (Å²) in [5, 5.41) is 5.07. The standard InChI is InChI=1S/C15H17ClN2O/c1-3-12(2)9-11-19-15-8-10-18(17-15)14-6-4-13(16)5-7-14/h4-10H,3,11H2,1-2H3. The zero-order valence-corrected chi connectivity index (χ0v) is 11.9. The molecule has 0 bridgehead atoms. The van der Waals surface area contributed by atoms with Gasteiger partial charge in [-0.2, -0.15) is 0 Å². The molecule has 1 aromatic heterocycles. The first-order chi connectivity index (χ1) is 9.19. The summed E-state index contributed by atoms with van der Waals surface area (Å²) in [7, 11) is 0. The Hall–Kier alpha value is -1.74. The molecule has 4 heteroatoms. The maximum atomic E-state index is 5.86. The number of nitrogens with zero attached hydrogens (tertiary/aromatic N) is 2. The smallest absolute Gasteiger partial charge is 0.233 e. The number of hydrogen-bond acceptors (Lipinski definition) is 2. The van der Waals surface area contributed by atoms with Crippen LogP contribution in [0.15, 0.2) is 48.2 Å². The van der Waals surface area contributed by atoms with Crippen LogP contribution in [0, 0.1) is 0 Å². The minimum atomic E-state index is 0.553. The first-order valence-electron chi connectivity index (χ1n) is 6.29. The third kappa shape index (κ3) is 3.86. The highest BCUT2D eigenvalue weighted by Gasteiger charge is 2.01. The van der Waals surface area contributed by atoms with E-state index in [9.17, 15) is 0 Å². The maximum absolute atomic E-state index is 5.86. The van der Waals surface area contributed by atoms with Gasteiger partial charge in [-0.15, -0.1) is 5.10 Å². The quantitative estimate of drug-likeness (QED) is 0.763. The summed E-state index contributed by atoms with van der Waals surface area (Å²) in [6, 6.07) is 9.36. The first kappa shape index (κ1) is 13.7. The van der Waals surface area contributed by atoms with Gasteiger partial charge in [-0.1, -0.05) is 24.1 Å². The average Bonchev–Trinajstić information content (AvgIpc) is 2.88. The summed E-state index contributed by atoms with van der Waals surface area (Å²) < 4.78 is 7.34. The van der Waals surface area contributed by atoms with Crippen LogP contribution in [0.3, 0.4) is 0 Å². The number of aromatic nitrogens is 2. The predicted molar refractivity (Wildman–Crippen MR) is 78.1 cm³/mol. The number of allylic oxidation sites excluding steroid dienone is 1. The summed E-state index contributed by atoms with van der Waals surface area (Å²) in [6.07, 6.45) is 4.98. The Bertz CT molecular complexity index is 558. The molecule has 0 amide bonds. The van der Waals surface area contributed by atoms with E-state index in [0.29, 0.717) is 17.5 Å². The lowest BCUT2D eigenvalue weighted by atomic mass is 10.2. The van der Waals surface area contributed by atoms with Crippen molar-refractivity contribution in [3.63, 3.8) is 0 Å². The molecule has 0 atom stereocenters. The van der Waals surface area contributed by atoms with Crippen molar-refractivity contribution in [1.29, 1.82) is 0 Å². The summed E-state index contributed by atoms with van der Waals surface area (Å²) in [6.45, 7) is 4.77. The molecular formula is C15H17ClN2O. The molecule has 0 radical (unpaired) electrons. The molecule has 0 saturated carbocycles. The fourth-order valence-corrected chi connectivity index (χ4v) is 1.66. The van der Waals surface area contributed by atoms with Crippen molar-refractivity contribution in [2.45, 2.75) is 20.3 Å². The SMILES string of the molecule is CCC(C)=CCOc1ccn(-c2ccc(Cl)cc2)n1. The van der Waals surface area contributed by atoms with Gasteiger partial charge < -0.3 is 4.74 Å². The second kappa shape index (κ2) is 6.43. The molecule has 19 heavy (non-hydrogen) atoms. The van der Waals surface area contributed by atoms with Crippen LogP contribution < -0.4 is 4.74 Å². The molecule has 2 aromatic rings. The fraction of sp³-hybridized carbons (Fsp3) is 0.267. The van der Waals surface area contributed by atoms with Crippen molar-refractivity contribution >= 4 is 11.6 Å². The van der Waals surface area contributed by atoms with E-state index in [2.05, 4.69) is 25.0 Å². The van der Waals surface area contributed by atoms with Crippen molar-refractivity contribution in [3.8, 4) is 11.6 Å². The molecule has 0 aliphatic rings. The highest BCUT2D eigenvalue weighted by atomic mass is 35.5. The highest BCUT2D eigenvalue weighted by Crippen LogP contribution is 2.15. The van der Waals surface area contributed by atoms with E-state index in [-0.39, 0.29) is 0 Å². The minimum Gasteiger partial charge on any atom is -0.472 e. The van der Waals surface area contributed by atoms with Gasteiger partial charge in [0, 0.05) is 17.3 Å². The third-order valence-corrected chi connectivity index (χ3v) is 3.13. The van der Waals surface area contributed by atoms with E-state index in [0.717, 1.165) is 12.1 Å². The summed E-state index contributed by atoms with van der Waals surface area (Å²) >= 11 is 5.86. The van der Waals surface area contributed by atoms with Gasteiger partial charge in [0.05, 0.1) is 5.69 Å². The number of rotatable bonds is 5. The van der Waals surface area contributed by atoms with Crippen LogP contribution in [0.25, 0.3) is 5.69 Å². The Morgan fingerprint density at radius 1 is 1.32 bits per heavy atom. The number of hydrogen-bond donors (Lipinski definition) is 0. The average molecular weight is 277 g/mol. The van der Waals surface area contributed by atoms with E-state index in [1.807, 2.05) is 36.5 Å². The topological polar surface area (TPSA) is 27.1 Å². The predicted octanol–water partition coefficient (Wildman–Crippen LogP) is 4.26. The van der Waals surface area contributed by atoms with E-state index >= 15 is 0 Å². The zero-order chi connectivity index (χ0) is 13.7. The van der Waals surface area contributed by atoms with E-state index in [4.69, 9.17) is 16.3 Å². The van der Waals surface area contributed by atoms with Crippen LogP contribution in [-0.4, -0.2) is 16.4 Å². The first-order valence-corrected chi connectivity index (χ1v) is 6.67. The van der Waals surface area contributed by atoms with Crippen molar-refractivity contribution in [2.75, 3.05) is 6.61 Å². The van der Waals surface area contributed by atoms with E-state index in [1.165, 1.54) is 5.57 Å². The van der Waals surface area contributed by atoms with Gasteiger partial charge in [0.25, 0.3) is 0 Å². The van der Waals surface area contributed by atoms with Crippen LogP contribution in [0.2, 0.25) is 5.02 Å². The van der Waals surface area contributed by atoms with E-state index in [1.54, 1.807) is 4.68 Å². The normalized spacial score (nSPS) is 11.6. The molecule has 0 spiro atoms. The maximum Gasteiger partial charge on any atom is 0.233 e.